The Kier molecular flexibility index (Phi) is 4.41. The normalized spacial score (nSPS) is 16.5. The van der Waals surface area contributed by atoms with Crippen molar-refractivity contribution in [2.24, 2.45) is 0 Å². The predicted molar refractivity (Wildman–Crippen MR) is 71.3 cm³/mol. The van der Waals surface area contributed by atoms with Crippen LogP contribution < -0.4 is 11.1 Å². The lowest BCUT2D eigenvalue weighted by Gasteiger charge is -2.25. The van der Waals surface area contributed by atoms with Crippen LogP contribution >= 0.6 is 11.6 Å². The first kappa shape index (κ1) is 13.1. The molecule has 2 rings (SSSR count). The van der Waals surface area contributed by atoms with E-state index in [1.807, 2.05) is 0 Å². The number of hydroxylamine groups is 2. The minimum absolute atomic E-state index is 0.149. The maximum atomic E-state index is 11.8. The van der Waals surface area contributed by atoms with Gasteiger partial charge in [0.25, 0.3) is 0 Å². The highest BCUT2D eigenvalue weighted by Gasteiger charge is 2.15. The molecule has 1 fully saturated rings. The molecule has 1 saturated heterocycles. The van der Waals surface area contributed by atoms with Crippen LogP contribution in [0.4, 0.5) is 11.4 Å². The van der Waals surface area contributed by atoms with Crippen molar-refractivity contribution in [3.8, 4) is 0 Å². The molecule has 1 amide bonds. The molecule has 0 radical (unpaired) electrons. The summed E-state index contributed by atoms with van der Waals surface area (Å²) in [5.74, 6) is -0.149. The molecule has 18 heavy (non-hydrogen) atoms. The van der Waals surface area contributed by atoms with Gasteiger partial charge in [0.05, 0.1) is 17.3 Å². The molecule has 0 spiro atoms. The highest BCUT2D eigenvalue weighted by atomic mass is 35.5. The molecule has 98 valence electrons. The van der Waals surface area contributed by atoms with Crippen molar-refractivity contribution in [2.75, 3.05) is 30.7 Å². The Morgan fingerprint density at radius 1 is 1.50 bits per heavy atom. The zero-order valence-electron chi connectivity index (χ0n) is 9.99. The fraction of sp³-hybridized carbons (Fsp3) is 0.417. The molecule has 0 bridgehead atoms. The fourth-order valence-electron chi connectivity index (χ4n) is 1.76. The van der Waals surface area contributed by atoms with Crippen LogP contribution in [-0.4, -0.2) is 30.7 Å². The number of halogens is 1. The summed E-state index contributed by atoms with van der Waals surface area (Å²) in [4.78, 5) is 17.2. The number of hydrogen-bond acceptors (Lipinski definition) is 4. The van der Waals surface area contributed by atoms with Crippen LogP contribution in [0.2, 0.25) is 5.02 Å². The van der Waals surface area contributed by atoms with Crippen LogP contribution in [0, 0.1) is 0 Å². The van der Waals surface area contributed by atoms with E-state index >= 15 is 0 Å². The summed E-state index contributed by atoms with van der Waals surface area (Å²) in [5, 5.41) is 4.84. The molecular formula is C12H16ClN3O2. The van der Waals surface area contributed by atoms with E-state index in [1.165, 1.54) is 0 Å². The number of nitrogens with zero attached hydrogens (tertiary/aromatic N) is 1. The van der Waals surface area contributed by atoms with Gasteiger partial charge in [-0.05, 0) is 31.0 Å². The lowest BCUT2D eigenvalue weighted by Crippen LogP contribution is -2.36. The van der Waals surface area contributed by atoms with E-state index in [4.69, 9.17) is 22.2 Å². The fourth-order valence-corrected chi connectivity index (χ4v) is 1.99. The van der Waals surface area contributed by atoms with Crippen molar-refractivity contribution in [3.63, 3.8) is 0 Å². The molecule has 1 heterocycles. The second-order valence-corrected chi connectivity index (χ2v) is 4.60. The van der Waals surface area contributed by atoms with Gasteiger partial charge in [-0.2, -0.15) is 5.06 Å². The number of nitrogens with two attached hydrogens (primary N) is 1. The first-order valence-corrected chi connectivity index (χ1v) is 6.26. The number of nitrogen functional groups attached to an aromatic ring is 1. The Bertz CT molecular complexity index is 433. The molecule has 6 heteroatoms. The van der Waals surface area contributed by atoms with Crippen molar-refractivity contribution in [1.29, 1.82) is 0 Å². The van der Waals surface area contributed by atoms with E-state index < -0.39 is 0 Å². The number of anilines is 2. The van der Waals surface area contributed by atoms with Crippen molar-refractivity contribution < 1.29 is 9.63 Å². The smallest absolute Gasteiger partial charge is 0.241 e. The number of nitrogens with one attached hydrogen (secondary N) is 1. The van der Waals surface area contributed by atoms with Crippen molar-refractivity contribution in [1.82, 2.24) is 5.06 Å². The number of benzene rings is 1. The number of carbonyl (C=O) groups is 1. The zero-order valence-corrected chi connectivity index (χ0v) is 10.7. The Morgan fingerprint density at radius 3 is 3.00 bits per heavy atom. The molecule has 3 N–H and O–H groups in total. The maximum Gasteiger partial charge on any atom is 0.241 e. The first-order chi connectivity index (χ1) is 8.65. The number of carbonyl (C=O) groups excluding carboxylic acids is 1. The first-order valence-electron chi connectivity index (χ1n) is 5.88. The van der Waals surface area contributed by atoms with Crippen LogP contribution in [0.25, 0.3) is 0 Å². The minimum atomic E-state index is -0.149. The monoisotopic (exact) mass is 269 g/mol. The molecule has 1 aliphatic heterocycles. The van der Waals surface area contributed by atoms with Crippen LogP contribution in [-0.2, 0) is 9.63 Å². The summed E-state index contributed by atoms with van der Waals surface area (Å²) in [6.07, 6.45) is 2.10. The van der Waals surface area contributed by atoms with Crippen LogP contribution in [0.3, 0.4) is 0 Å². The Hall–Kier alpha value is -1.30. The third-order valence-corrected chi connectivity index (χ3v) is 2.98. The molecule has 1 aromatic carbocycles. The van der Waals surface area contributed by atoms with E-state index in [-0.39, 0.29) is 12.5 Å². The largest absolute Gasteiger partial charge is 0.399 e. The highest BCUT2D eigenvalue weighted by Crippen LogP contribution is 2.23. The summed E-state index contributed by atoms with van der Waals surface area (Å²) in [7, 11) is 0. The second kappa shape index (κ2) is 6.04. The van der Waals surface area contributed by atoms with Gasteiger partial charge in [0.1, 0.15) is 6.54 Å². The summed E-state index contributed by atoms with van der Waals surface area (Å²) in [6.45, 7) is 1.67. The van der Waals surface area contributed by atoms with Gasteiger partial charge in [0.15, 0.2) is 0 Å². The van der Waals surface area contributed by atoms with Gasteiger partial charge in [-0.3, -0.25) is 9.63 Å². The molecule has 0 saturated carbocycles. The third kappa shape index (κ3) is 3.60. The Labute approximate surface area is 111 Å². The quantitative estimate of drug-likeness (QED) is 0.823. The van der Waals surface area contributed by atoms with Gasteiger partial charge < -0.3 is 11.1 Å². The van der Waals surface area contributed by atoms with Gasteiger partial charge in [-0.25, -0.2) is 0 Å². The molecular weight excluding hydrogens is 254 g/mol. The lowest BCUT2D eigenvalue weighted by atomic mass is 10.2. The minimum Gasteiger partial charge on any atom is -0.399 e. The molecule has 0 atom stereocenters. The average Bonchev–Trinajstić information content (AvgIpc) is 2.34. The maximum absolute atomic E-state index is 11.8. The number of amides is 1. The van der Waals surface area contributed by atoms with Crippen molar-refractivity contribution in [3.05, 3.63) is 23.2 Å². The highest BCUT2D eigenvalue weighted by molar-refractivity contribution is 6.34. The average molecular weight is 270 g/mol. The van der Waals surface area contributed by atoms with Gasteiger partial charge in [-0.15, -0.1) is 0 Å². The third-order valence-electron chi connectivity index (χ3n) is 2.66. The Balaban J connectivity index is 1.90. The van der Waals surface area contributed by atoms with E-state index in [2.05, 4.69) is 5.32 Å². The zero-order chi connectivity index (χ0) is 13.0. The Morgan fingerprint density at radius 2 is 2.33 bits per heavy atom. The van der Waals surface area contributed by atoms with E-state index in [0.717, 1.165) is 19.4 Å². The lowest BCUT2D eigenvalue weighted by molar-refractivity contribution is -0.182. The second-order valence-electron chi connectivity index (χ2n) is 4.19. The SMILES string of the molecule is Nc1ccc(NC(=O)CN2CCCCO2)c(Cl)c1. The number of rotatable bonds is 3. The molecule has 5 nitrogen and oxygen atoms in total. The predicted octanol–water partition coefficient (Wildman–Crippen LogP) is 1.89. The topological polar surface area (TPSA) is 67.6 Å². The van der Waals surface area contributed by atoms with Gasteiger partial charge >= 0.3 is 0 Å². The van der Waals surface area contributed by atoms with Gasteiger partial charge in [0, 0.05) is 12.2 Å². The summed E-state index contributed by atoms with van der Waals surface area (Å²) >= 11 is 5.98. The van der Waals surface area contributed by atoms with Crippen LogP contribution in [0.1, 0.15) is 12.8 Å². The van der Waals surface area contributed by atoms with Crippen molar-refractivity contribution >= 4 is 28.9 Å². The van der Waals surface area contributed by atoms with Crippen LogP contribution in [0.15, 0.2) is 18.2 Å². The van der Waals surface area contributed by atoms with Crippen LogP contribution in [0.5, 0.6) is 0 Å². The van der Waals surface area contributed by atoms with Crippen molar-refractivity contribution in [2.45, 2.75) is 12.8 Å². The molecule has 0 aliphatic carbocycles. The standard InChI is InChI=1S/C12H16ClN3O2/c13-10-7-9(14)3-4-11(10)15-12(17)8-16-5-1-2-6-18-16/h3-4,7H,1-2,5-6,8,14H2,(H,15,17). The summed E-state index contributed by atoms with van der Waals surface area (Å²) in [6, 6.07) is 4.99. The van der Waals surface area contributed by atoms with E-state index in [1.54, 1.807) is 23.3 Å². The molecule has 0 unspecified atom stereocenters. The summed E-state index contributed by atoms with van der Waals surface area (Å²) < 4.78 is 0. The van der Waals surface area contributed by atoms with E-state index in [9.17, 15) is 4.79 Å². The molecule has 0 aromatic heterocycles. The number of hydrogen-bond donors (Lipinski definition) is 2. The summed E-state index contributed by atoms with van der Waals surface area (Å²) in [5.41, 5.74) is 6.71. The van der Waals surface area contributed by atoms with E-state index in [0.29, 0.717) is 23.0 Å². The molecule has 1 aliphatic rings. The molecule has 1 aromatic rings. The van der Waals surface area contributed by atoms with Gasteiger partial charge in [0.2, 0.25) is 5.91 Å². The van der Waals surface area contributed by atoms with Gasteiger partial charge in [-0.1, -0.05) is 11.6 Å².